The van der Waals surface area contributed by atoms with Crippen LogP contribution >= 0.6 is 12.4 Å². The van der Waals surface area contributed by atoms with Crippen molar-refractivity contribution in [3.05, 3.63) is 65.7 Å². The van der Waals surface area contributed by atoms with Crippen molar-refractivity contribution < 1.29 is 5.11 Å². The zero-order chi connectivity index (χ0) is 17.6. The second-order valence-electron chi connectivity index (χ2n) is 8.84. The second kappa shape index (κ2) is 7.48. The smallest absolute Gasteiger partial charge is 0.115 e. The molecule has 1 heterocycles. The molecule has 27 heavy (non-hydrogen) atoms. The Morgan fingerprint density at radius 3 is 2.70 bits per heavy atom. The van der Waals surface area contributed by atoms with Gasteiger partial charge < -0.3 is 10.0 Å². The molecule has 5 rings (SSSR count). The third-order valence-corrected chi connectivity index (χ3v) is 7.29. The van der Waals surface area contributed by atoms with E-state index in [0.717, 1.165) is 17.9 Å². The molecule has 1 saturated heterocycles. The van der Waals surface area contributed by atoms with Crippen LogP contribution in [-0.2, 0) is 5.41 Å². The van der Waals surface area contributed by atoms with Gasteiger partial charge in [0.25, 0.3) is 0 Å². The molecule has 144 valence electrons. The van der Waals surface area contributed by atoms with Crippen LogP contribution in [0.5, 0.6) is 5.75 Å². The fraction of sp³-hybridized carbons (Fsp3) is 0.500. The first-order valence-corrected chi connectivity index (χ1v) is 10.3. The molecule has 1 aliphatic heterocycles. The first kappa shape index (κ1) is 18.8. The first-order valence-electron chi connectivity index (χ1n) is 10.3. The number of benzene rings is 2. The summed E-state index contributed by atoms with van der Waals surface area (Å²) < 4.78 is 0. The molecule has 0 unspecified atom stereocenters. The van der Waals surface area contributed by atoms with E-state index in [0.29, 0.717) is 11.2 Å². The molecule has 2 aromatic rings. The minimum Gasteiger partial charge on any atom is -0.508 e. The molecule has 2 saturated carbocycles. The average molecular weight is 384 g/mol. The van der Waals surface area contributed by atoms with Crippen LogP contribution < -0.4 is 0 Å². The van der Waals surface area contributed by atoms with E-state index >= 15 is 0 Å². The molecule has 3 heteroatoms. The third-order valence-electron chi connectivity index (χ3n) is 7.29. The van der Waals surface area contributed by atoms with Gasteiger partial charge in [-0.3, -0.25) is 0 Å². The van der Waals surface area contributed by atoms with Crippen molar-refractivity contribution in [3.8, 4) is 5.75 Å². The Labute approximate surface area is 169 Å². The molecular formula is C24H30ClNO. The minimum atomic E-state index is 0. The van der Waals surface area contributed by atoms with Gasteiger partial charge in [-0.1, -0.05) is 48.9 Å². The lowest BCUT2D eigenvalue weighted by atomic mass is 9.63. The summed E-state index contributed by atoms with van der Waals surface area (Å²) in [5, 5.41) is 9.94. The van der Waals surface area contributed by atoms with Crippen LogP contribution in [0.2, 0.25) is 0 Å². The van der Waals surface area contributed by atoms with Crippen molar-refractivity contribution in [2.45, 2.75) is 55.9 Å². The zero-order valence-electron chi connectivity index (χ0n) is 15.9. The summed E-state index contributed by atoms with van der Waals surface area (Å²) in [6, 6.07) is 19.9. The van der Waals surface area contributed by atoms with E-state index in [4.69, 9.17) is 0 Å². The number of nitrogens with zero attached hydrogens (tertiary/aromatic N) is 1. The van der Waals surface area contributed by atoms with Gasteiger partial charge in [-0.25, -0.2) is 0 Å². The van der Waals surface area contributed by atoms with Crippen LogP contribution in [0.1, 0.15) is 55.6 Å². The molecule has 3 aliphatic rings. The number of halogens is 1. The monoisotopic (exact) mass is 383 g/mol. The number of fused-ring (bicyclic) bond motifs is 2. The van der Waals surface area contributed by atoms with Gasteiger partial charge in [-0.2, -0.15) is 0 Å². The van der Waals surface area contributed by atoms with Crippen LogP contribution in [-0.4, -0.2) is 29.1 Å². The number of likely N-dealkylation sites (tertiary alicyclic amines) is 1. The maximum atomic E-state index is 9.94. The zero-order valence-corrected chi connectivity index (χ0v) is 16.7. The maximum absolute atomic E-state index is 9.94. The van der Waals surface area contributed by atoms with Gasteiger partial charge in [0.2, 0.25) is 0 Å². The Balaban J connectivity index is 0.00000180. The van der Waals surface area contributed by atoms with Crippen LogP contribution in [0.3, 0.4) is 0 Å². The summed E-state index contributed by atoms with van der Waals surface area (Å²) in [5.41, 5.74) is 3.21. The topological polar surface area (TPSA) is 23.5 Å². The molecule has 2 nitrogen and oxygen atoms in total. The predicted octanol–water partition coefficient (Wildman–Crippen LogP) is 5.50. The summed E-state index contributed by atoms with van der Waals surface area (Å²) in [7, 11) is 0. The summed E-state index contributed by atoms with van der Waals surface area (Å²) in [5.74, 6) is 2.07. The number of piperidine rings is 1. The highest BCUT2D eigenvalue weighted by Gasteiger charge is 2.46. The van der Waals surface area contributed by atoms with Crippen molar-refractivity contribution in [1.29, 1.82) is 0 Å². The van der Waals surface area contributed by atoms with Crippen LogP contribution in [0.4, 0.5) is 0 Å². The fourth-order valence-electron chi connectivity index (χ4n) is 5.75. The normalized spacial score (nSPS) is 32.5. The van der Waals surface area contributed by atoms with Crippen molar-refractivity contribution in [1.82, 2.24) is 4.90 Å². The third kappa shape index (κ3) is 3.62. The Kier molecular flexibility index (Phi) is 5.22. The second-order valence-corrected chi connectivity index (χ2v) is 8.84. The van der Waals surface area contributed by atoms with Crippen molar-refractivity contribution >= 4 is 12.4 Å². The Morgan fingerprint density at radius 2 is 1.89 bits per heavy atom. The van der Waals surface area contributed by atoms with E-state index in [1.165, 1.54) is 62.7 Å². The standard InChI is InChI=1S/C24H29NO.ClH/c26-22-10-4-8-20(15-22)24-11-5-9-21(16-24)25(13-12-24)17-19-14-23(19)18-6-2-1-3-7-18;/h1-4,6-8,10,15,19,21,23,26H,5,9,11-14,16-17H2;1H/t19-,21-,23+,24+;/m0./s1. The lowest BCUT2D eigenvalue weighted by molar-refractivity contribution is 0.0478. The van der Waals surface area contributed by atoms with E-state index < -0.39 is 0 Å². The van der Waals surface area contributed by atoms with Crippen LogP contribution in [0.25, 0.3) is 0 Å². The molecule has 1 N–H and O–H groups in total. The Morgan fingerprint density at radius 1 is 1.04 bits per heavy atom. The van der Waals surface area contributed by atoms with Gasteiger partial charge in [0.05, 0.1) is 0 Å². The molecule has 2 aromatic carbocycles. The van der Waals surface area contributed by atoms with Crippen LogP contribution in [0.15, 0.2) is 54.6 Å². The molecular weight excluding hydrogens is 354 g/mol. The molecule has 2 bridgehead atoms. The quantitative estimate of drug-likeness (QED) is 0.753. The first-order chi connectivity index (χ1) is 12.7. The van der Waals surface area contributed by atoms with Crippen molar-refractivity contribution in [2.24, 2.45) is 5.92 Å². The lowest BCUT2D eigenvalue weighted by Gasteiger charge is -2.51. The largest absolute Gasteiger partial charge is 0.508 e. The molecule has 0 spiro atoms. The summed E-state index contributed by atoms with van der Waals surface area (Å²) >= 11 is 0. The highest BCUT2D eigenvalue weighted by molar-refractivity contribution is 5.85. The number of hydrogen-bond acceptors (Lipinski definition) is 2. The summed E-state index contributed by atoms with van der Waals surface area (Å²) in [4.78, 5) is 2.80. The molecule has 4 atom stereocenters. The van der Waals surface area contributed by atoms with Gasteiger partial charge in [0.15, 0.2) is 0 Å². The minimum absolute atomic E-state index is 0. The van der Waals surface area contributed by atoms with E-state index in [1.54, 1.807) is 6.07 Å². The number of aromatic hydroxyl groups is 1. The Bertz CT molecular complexity index is 779. The SMILES string of the molecule is Cl.Oc1cccc([C@@]23CCC[C@@H](C2)N(C[C@@H]2C[C@@H]2c2ccccc2)CC3)c1. The number of phenols is 1. The van der Waals surface area contributed by atoms with Gasteiger partial charge in [0, 0.05) is 12.6 Å². The number of hydrogen-bond donors (Lipinski definition) is 1. The molecule has 0 radical (unpaired) electrons. The lowest BCUT2D eigenvalue weighted by Crippen LogP contribution is -2.52. The summed E-state index contributed by atoms with van der Waals surface area (Å²) in [6.45, 7) is 2.50. The molecule has 0 amide bonds. The predicted molar refractivity (Wildman–Crippen MR) is 113 cm³/mol. The van der Waals surface area contributed by atoms with Gasteiger partial charge in [-0.05, 0) is 79.2 Å². The number of rotatable bonds is 4. The van der Waals surface area contributed by atoms with Crippen molar-refractivity contribution in [3.63, 3.8) is 0 Å². The molecule has 3 fully saturated rings. The summed E-state index contributed by atoms with van der Waals surface area (Å²) in [6.07, 6.45) is 7.85. The number of phenolic OH excluding ortho intramolecular Hbond substituents is 1. The van der Waals surface area contributed by atoms with Gasteiger partial charge in [0.1, 0.15) is 5.75 Å². The highest BCUT2D eigenvalue weighted by Crippen LogP contribution is 2.51. The van der Waals surface area contributed by atoms with Crippen LogP contribution in [0, 0.1) is 5.92 Å². The van der Waals surface area contributed by atoms with E-state index in [1.807, 2.05) is 12.1 Å². The van der Waals surface area contributed by atoms with E-state index in [2.05, 4.69) is 41.3 Å². The fourth-order valence-corrected chi connectivity index (χ4v) is 5.75. The Hall–Kier alpha value is -1.51. The van der Waals surface area contributed by atoms with Gasteiger partial charge in [-0.15, -0.1) is 12.4 Å². The molecule has 2 aliphatic carbocycles. The van der Waals surface area contributed by atoms with E-state index in [-0.39, 0.29) is 12.4 Å². The molecule has 0 aromatic heterocycles. The van der Waals surface area contributed by atoms with Gasteiger partial charge >= 0.3 is 0 Å². The van der Waals surface area contributed by atoms with E-state index in [9.17, 15) is 5.11 Å². The van der Waals surface area contributed by atoms with Crippen molar-refractivity contribution in [2.75, 3.05) is 13.1 Å². The average Bonchev–Trinajstić information content (AvgIpc) is 3.45. The maximum Gasteiger partial charge on any atom is 0.115 e. The highest BCUT2D eigenvalue weighted by atomic mass is 35.5.